The number of hydrogen-bond donors (Lipinski definition) is 0. The van der Waals surface area contributed by atoms with Crippen LogP contribution in [0.5, 0.6) is 46.0 Å². The quantitative estimate of drug-likeness (QED) is 0.174. The molecule has 0 spiro atoms. The molecule has 14 rings (SSSR count). The van der Waals surface area contributed by atoms with Crippen LogP contribution in [0.25, 0.3) is 0 Å². The van der Waals surface area contributed by atoms with Gasteiger partial charge in [0.1, 0.15) is 46.0 Å². The lowest BCUT2D eigenvalue weighted by molar-refractivity contribution is 0.386. The third kappa shape index (κ3) is 7.93. The molecule has 0 fully saturated rings. The molecule has 10 aliphatic rings. The summed E-state index contributed by atoms with van der Waals surface area (Å²) in [4.78, 5) is 3.83. The van der Waals surface area contributed by atoms with Gasteiger partial charge in [0.15, 0.2) is 0 Å². The first-order valence-corrected chi connectivity index (χ1v) is 18.8. The Bertz CT molecular complexity index is 1370. The summed E-state index contributed by atoms with van der Waals surface area (Å²) in [5, 5.41) is 0. The SMILES string of the molecule is COc1cc2c(OC)cc1CSc1cc(OC)c(cc1OC)SCc1cc(OC)c(cc1OC)CSc1cc(OC)c(cc1OC)SC2. The average molecular weight is 729 g/mol. The molecule has 0 radical (unpaired) electrons. The number of ether oxygens (including phenoxy) is 8. The standard InChI is InChI=1S/C36H40O8S4/c1-37-25-9-22-18-46-34-15-32(44-8)36(16-31(34)43-7)48-20-24-12-27(39-3)23(11-28(24)40-4)19-47-35-14-29(41-5)33(13-30(35)42-6)45-17-21(25)10-26(22)38-2/h9-16H,17-20H2,1-8H3. The summed E-state index contributed by atoms with van der Waals surface area (Å²) >= 11 is 6.59. The van der Waals surface area contributed by atoms with Crippen molar-refractivity contribution in [2.75, 3.05) is 56.9 Å². The first-order valence-electron chi connectivity index (χ1n) is 14.9. The Morgan fingerprint density at radius 1 is 0.292 bits per heavy atom. The van der Waals surface area contributed by atoms with Crippen LogP contribution in [0.4, 0.5) is 0 Å². The molecule has 48 heavy (non-hydrogen) atoms. The fourth-order valence-electron chi connectivity index (χ4n) is 5.26. The van der Waals surface area contributed by atoms with Gasteiger partial charge >= 0.3 is 0 Å². The van der Waals surface area contributed by atoms with E-state index in [0.29, 0.717) is 23.0 Å². The Kier molecular flexibility index (Phi) is 12.6. The highest BCUT2D eigenvalue weighted by Crippen LogP contribution is 2.47. The lowest BCUT2D eigenvalue weighted by Gasteiger charge is -2.19. The molecule has 0 aromatic heterocycles. The minimum atomic E-state index is 0.631. The van der Waals surface area contributed by atoms with E-state index in [2.05, 4.69) is 24.3 Å². The van der Waals surface area contributed by atoms with Crippen molar-refractivity contribution in [3.63, 3.8) is 0 Å². The van der Waals surface area contributed by atoms with Gasteiger partial charge in [-0.1, -0.05) is 0 Å². The smallest absolute Gasteiger partial charge is 0.133 e. The van der Waals surface area contributed by atoms with Crippen molar-refractivity contribution in [3.05, 3.63) is 70.8 Å². The molecule has 0 aliphatic carbocycles. The van der Waals surface area contributed by atoms with Gasteiger partial charge in [-0.2, -0.15) is 0 Å². The molecule has 0 amide bonds. The van der Waals surface area contributed by atoms with E-state index < -0.39 is 0 Å². The zero-order chi connectivity index (χ0) is 34.2. The van der Waals surface area contributed by atoms with Gasteiger partial charge in [0.2, 0.25) is 0 Å². The summed E-state index contributed by atoms with van der Waals surface area (Å²) in [5.74, 6) is 8.75. The van der Waals surface area contributed by atoms with E-state index in [-0.39, 0.29) is 0 Å². The molecule has 256 valence electrons. The van der Waals surface area contributed by atoms with E-state index in [1.165, 1.54) is 0 Å². The minimum Gasteiger partial charge on any atom is -0.496 e. The second kappa shape index (κ2) is 16.9. The van der Waals surface area contributed by atoms with Gasteiger partial charge in [0, 0.05) is 45.3 Å². The molecule has 0 saturated heterocycles. The summed E-state index contributed by atoms with van der Waals surface area (Å²) in [6.07, 6.45) is 0. The van der Waals surface area contributed by atoms with Gasteiger partial charge in [0.05, 0.1) is 76.5 Å². The first-order chi connectivity index (χ1) is 23.4. The third-order valence-electron chi connectivity index (χ3n) is 7.80. The number of benzene rings is 4. The Balaban J connectivity index is 1.62. The third-order valence-corrected chi connectivity index (χ3v) is 12.1. The Morgan fingerprint density at radius 2 is 0.479 bits per heavy atom. The molecule has 8 bridgehead atoms. The summed E-state index contributed by atoms with van der Waals surface area (Å²) in [5.41, 5.74) is 4.03. The molecule has 0 unspecified atom stereocenters. The molecule has 0 atom stereocenters. The van der Waals surface area contributed by atoms with Crippen LogP contribution < -0.4 is 37.9 Å². The maximum atomic E-state index is 5.87. The van der Waals surface area contributed by atoms with Crippen LogP contribution in [0.15, 0.2) is 68.1 Å². The zero-order valence-electron chi connectivity index (χ0n) is 28.3. The molecule has 10 aliphatic heterocycles. The second-order valence-electron chi connectivity index (χ2n) is 10.4. The van der Waals surface area contributed by atoms with Gasteiger partial charge in [-0.25, -0.2) is 0 Å². The van der Waals surface area contributed by atoms with Crippen molar-refractivity contribution in [1.82, 2.24) is 0 Å². The highest BCUT2D eigenvalue weighted by molar-refractivity contribution is 7.99. The zero-order valence-corrected chi connectivity index (χ0v) is 31.6. The van der Waals surface area contributed by atoms with Crippen molar-refractivity contribution < 1.29 is 37.9 Å². The predicted octanol–water partition coefficient (Wildman–Crippen LogP) is 9.24. The van der Waals surface area contributed by atoms with Crippen LogP contribution in [0.1, 0.15) is 22.3 Å². The molecular weight excluding hydrogens is 689 g/mol. The highest BCUT2D eigenvalue weighted by atomic mass is 32.2. The van der Waals surface area contributed by atoms with E-state index in [0.717, 1.165) is 87.8 Å². The monoisotopic (exact) mass is 728 g/mol. The highest BCUT2D eigenvalue weighted by Gasteiger charge is 2.20. The first kappa shape index (κ1) is 36.0. The average Bonchev–Trinajstić information content (AvgIpc) is 3.13. The molecule has 4 aromatic rings. The van der Waals surface area contributed by atoms with E-state index in [4.69, 9.17) is 37.9 Å². The Morgan fingerprint density at radius 3 is 0.646 bits per heavy atom. The second-order valence-corrected chi connectivity index (χ2v) is 14.5. The fraction of sp³-hybridized carbons (Fsp3) is 0.333. The number of rotatable bonds is 8. The lowest BCUT2D eigenvalue weighted by atomic mass is 10.1. The van der Waals surface area contributed by atoms with Crippen molar-refractivity contribution in [1.29, 1.82) is 0 Å². The maximum Gasteiger partial charge on any atom is 0.133 e. The van der Waals surface area contributed by atoms with Crippen LogP contribution in [-0.2, 0) is 23.0 Å². The van der Waals surface area contributed by atoms with E-state index >= 15 is 0 Å². The molecule has 8 nitrogen and oxygen atoms in total. The largest absolute Gasteiger partial charge is 0.496 e. The Hall–Kier alpha value is -3.32. The van der Waals surface area contributed by atoms with Crippen LogP contribution in [-0.4, -0.2) is 56.9 Å². The normalized spacial score (nSPS) is 13.2. The maximum absolute atomic E-state index is 5.87. The van der Waals surface area contributed by atoms with Crippen LogP contribution in [0, 0.1) is 0 Å². The number of methoxy groups -OCH3 is 8. The van der Waals surface area contributed by atoms with Gasteiger partial charge in [-0.15, -0.1) is 47.0 Å². The predicted molar refractivity (Wildman–Crippen MR) is 196 cm³/mol. The molecule has 0 N–H and O–H groups in total. The van der Waals surface area contributed by atoms with E-state index in [9.17, 15) is 0 Å². The lowest BCUT2D eigenvalue weighted by Crippen LogP contribution is -1.99. The van der Waals surface area contributed by atoms with Crippen LogP contribution in [0.3, 0.4) is 0 Å². The number of thioether (sulfide) groups is 4. The Labute approximate surface area is 299 Å². The van der Waals surface area contributed by atoms with Crippen LogP contribution >= 0.6 is 47.0 Å². The van der Waals surface area contributed by atoms with Gasteiger partial charge in [0.25, 0.3) is 0 Å². The van der Waals surface area contributed by atoms with Crippen LogP contribution in [0.2, 0.25) is 0 Å². The van der Waals surface area contributed by atoms with Crippen molar-refractivity contribution in [2.45, 2.75) is 42.6 Å². The van der Waals surface area contributed by atoms with Gasteiger partial charge in [-0.05, 0) is 48.5 Å². The van der Waals surface area contributed by atoms with Crippen molar-refractivity contribution in [2.24, 2.45) is 0 Å². The molecule has 12 heteroatoms. The van der Waals surface area contributed by atoms with Gasteiger partial charge < -0.3 is 37.9 Å². The summed E-state index contributed by atoms with van der Waals surface area (Å²) in [6, 6.07) is 16.3. The summed E-state index contributed by atoms with van der Waals surface area (Å²) in [6.45, 7) is 0. The van der Waals surface area contributed by atoms with E-state index in [1.54, 1.807) is 104 Å². The van der Waals surface area contributed by atoms with Crippen molar-refractivity contribution >= 4 is 47.0 Å². The minimum absolute atomic E-state index is 0.631. The van der Waals surface area contributed by atoms with E-state index in [1.807, 2.05) is 24.3 Å². The molecule has 0 saturated carbocycles. The number of hydrogen-bond acceptors (Lipinski definition) is 12. The van der Waals surface area contributed by atoms with Gasteiger partial charge in [-0.3, -0.25) is 0 Å². The summed E-state index contributed by atoms with van der Waals surface area (Å²) < 4.78 is 46.9. The topological polar surface area (TPSA) is 73.8 Å². The molecule has 4 aromatic carbocycles. The molecule has 10 heterocycles. The molecular formula is C36H40O8S4. The summed E-state index contributed by atoms with van der Waals surface area (Å²) in [7, 11) is 13.5. The van der Waals surface area contributed by atoms with Crippen molar-refractivity contribution in [3.8, 4) is 46.0 Å². The fourth-order valence-corrected chi connectivity index (χ4v) is 9.30.